The van der Waals surface area contributed by atoms with E-state index in [0.29, 0.717) is 44.4 Å². The van der Waals surface area contributed by atoms with E-state index in [9.17, 15) is 10.1 Å². The number of hydrogen-bond donors (Lipinski definition) is 1. The van der Waals surface area contributed by atoms with Crippen LogP contribution in [0, 0.1) is 11.3 Å². The van der Waals surface area contributed by atoms with Gasteiger partial charge in [0.15, 0.2) is 5.76 Å². The molecule has 0 atom stereocenters. The summed E-state index contributed by atoms with van der Waals surface area (Å²) in [4.78, 5) is 20.2. The molecule has 0 saturated carbocycles. The highest BCUT2D eigenvalue weighted by Gasteiger charge is 2.27. The van der Waals surface area contributed by atoms with Crippen LogP contribution in [-0.4, -0.2) is 51.9 Å². The highest BCUT2D eigenvalue weighted by molar-refractivity contribution is 5.74. The first-order valence-corrected chi connectivity index (χ1v) is 8.84. The summed E-state index contributed by atoms with van der Waals surface area (Å²) < 4.78 is 12.7. The number of aryl methyl sites for hydroxylation is 1. The van der Waals surface area contributed by atoms with Crippen LogP contribution in [0.2, 0.25) is 0 Å². The Kier molecular flexibility index (Phi) is 4.72. The van der Waals surface area contributed by atoms with Crippen LogP contribution in [0.3, 0.4) is 0 Å². The first-order valence-electron chi connectivity index (χ1n) is 8.84. The number of anilines is 1. The van der Waals surface area contributed by atoms with Crippen LogP contribution in [0.25, 0.3) is 11.7 Å². The number of hydrogen-bond acceptors (Lipinski definition) is 7. The van der Waals surface area contributed by atoms with Gasteiger partial charge in [0.2, 0.25) is 11.6 Å². The Morgan fingerprint density at radius 1 is 1.36 bits per heavy atom. The minimum Gasteiger partial charge on any atom is -0.459 e. The van der Waals surface area contributed by atoms with Crippen molar-refractivity contribution in [2.45, 2.75) is 6.54 Å². The summed E-state index contributed by atoms with van der Waals surface area (Å²) in [5.74, 6) is 1.15. The Labute approximate surface area is 160 Å². The molecule has 0 bridgehead atoms. The minimum atomic E-state index is -0.127. The van der Waals surface area contributed by atoms with Crippen molar-refractivity contribution in [2.75, 3.05) is 31.1 Å². The zero-order valence-electron chi connectivity index (χ0n) is 15.3. The number of nitrogens with one attached hydrogen (secondary N) is 1. The molecule has 1 N–H and O–H groups in total. The maximum absolute atomic E-state index is 12.4. The van der Waals surface area contributed by atoms with Crippen LogP contribution in [-0.2, 0) is 13.6 Å². The molecule has 144 valence electrons. The second-order valence-corrected chi connectivity index (χ2v) is 6.42. The first-order chi connectivity index (χ1) is 13.6. The van der Waals surface area contributed by atoms with Gasteiger partial charge in [0, 0.05) is 51.5 Å². The molecule has 10 nitrogen and oxygen atoms in total. The second-order valence-electron chi connectivity index (χ2n) is 6.42. The van der Waals surface area contributed by atoms with Crippen LogP contribution in [0.5, 0.6) is 0 Å². The third-order valence-electron chi connectivity index (χ3n) is 4.50. The number of oxazole rings is 1. The summed E-state index contributed by atoms with van der Waals surface area (Å²) in [6.45, 7) is 2.55. The van der Waals surface area contributed by atoms with Crippen molar-refractivity contribution < 1.29 is 13.6 Å². The molecule has 1 saturated heterocycles. The summed E-state index contributed by atoms with van der Waals surface area (Å²) in [5, 5.41) is 16.3. The molecule has 0 radical (unpaired) electrons. The molecule has 0 aromatic carbocycles. The summed E-state index contributed by atoms with van der Waals surface area (Å²) in [5.41, 5.74) is 1.15. The number of furan rings is 1. The molecule has 1 aliphatic rings. The summed E-state index contributed by atoms with van der Waals surface area (Å²) in [6, 6.07) is 5.39. The number of rotatable bonds is 4. The van der Waals surface area contributed by atoms with E-state index >= 15 is 0 Å². The lowest BCUT2D eigenvalue weighted by Gasteiger charge is -2.34. The average molecular weight is 381 g/mol. The summed E-state index contributed by atoms with van der Waals surface area (Å²) in [6.07, 6.45) is 5.11. The van der Waals surface area contributed by atoms with E-state index < -0.39 is 0 Å². The van der Waals surface area contributed by atoms with Crippen molar-refractivity contribution in [3.63, 3.8) is 0 Å². The Balaban J connectivity index is 1.36. The fourth-order valence-electron chi connectivity index (χ4n) is 3.07. The second kappa shape index (κ2) is 7.48. The van der Waals surface area contributed by atoms with Crippen molar-refractivity contribution >= 4 is 11.9 Å². The highest BCUT2D eigenvalue weighted by Crippen LogP contribution is 2.29. The van der Waals surface area contributed by atoms with E-state index in [-0.39, 0.29) is 17.6 Å². The Hall–Kier alpha value is -3.74. The standard InChI is InChI=1S/C18H19N7O3/c1-23-12-13(11-21-23)10-20-18(26)25-6-4-24(5-7-25)17-14(9-19)22-16(28-17)15-3-2-8-27-15/h2-3,8,11-12H,4-7,10H2,1H3,(H,20,26). The SMILES string of the molecule is Cn1cc(CNC(=O)N2CCN(c3oc(-c4ccco4)nc3C#N)CC2)cn1. The predicted molar refractivity (Wildman–Crippen MR) is 98.1 cm³/mol. The molecule has 3 aromatic heterocycles. The van der Waals surface area contributed by atoms with E-state index in [1.165, 1.54) is 6.26 Å². The van der Waals surface area contributed by atoms with Gasteiger partial charge in [0.05, 0.1) is 12.5 Å². The normalized spacial score (nSPS) is 14.1. The van der Waals surface area contributed by atoms with E-state index in [1.54, 1.807) is 27.9 Å². The first kappa shape index (κ1) is 17.7. The molecule has 0 spiro atoms. The third-order valence-corrected chi connectivity index (χ3v) is 4.50. The number of nitriles is 1. The zero-order valence-corrected chi connectivity index (χ0v) is 15.3. The fourth-order valence-corrected chi connectivity index (χ4v) is 3.07. The van der Waals surface area contributed by atoms with Crippen molar-refractivity contribution in [3.8, 4) is 17.7 Å². The number of carbonyl (C=O) groups excluding carboxylic acids is 1. The van der Waals surface area contributed by atoms with Gasteiger partial charge in [-0.3, -0.25) is 4.68 Å². The van der Waals surface area contributed by atoms with Crippen molar-refractivity contribution in [3.05, 3.63) is 42.0 Å². The molecule has 28 heavy (non-hydrogen) atoms. The van der Waals surface area contributed by atoms with E-state index in [1.807, 2.05) is 18.1 Å². The quantitative estimate of drug-likeness (QED) is 0.729. The van der Waals surface area contributed by atoms with Crippen molar-refractivity contribution in [1.29, 1.82) is 5.26 Å². The molecule has 4 rings (SSSR count). The molecular formula is C18H19N7O3. The summed E-state index contributed by atoms with van der Waals surface area (Å²) >= 11 is 0. The summed E-state index contributed by atoms with van der Waals surface area (Å²) in [7, 11) is 1.83. The van der Waals surface area contributed by atoms with Crippen LogP contribution >= 0.6 is 0 Å². The fraction of sp³-hybridized carbons (Fsp3) is 0.333. The van der Waals surface area contributed by atoms with Gasteiger partial charge in [0.1, 0.15) is 6.07 Å². The average Bonchev–Trinajstić information content (AvgIpc) is 3.46. The molecule has 1 fully saturated rings. The van der Waals surface area contributed by atoms with Gasteiger partial charge in [-0.1, -0.05) is 0 Å². The van der Waals surface area contributed by atoms with E-state index in [0.717, 1.165) is 5.56 Å². The lowest BCUT2D eigenvalue weighted by Crippen LogP contribution is -2.51. The van der Waals surface area contributed by atoms with Gasteiger partial charge >= 0.3 is 6.03 Å². The predicted octanol–water partition coefficient (Wildman–Crippen LogP) is 1.57. The number of amides is 2. The van der Waals surface area contributed by atoms with Crippen LogP contribution in [0.4, 0.5) is 10.7 Å². The Morgan fingerprint density at radius 2 is 2.18 bits per heavy atom. The molecule has 2 amide bonds. The largest absolute Gasteiger partial charge is 0.459 e. The molecule has 3 aromatic rings. The van der Waals surface area contributed by atoms with E-state index in [4.69, 9.17) is 8.83 Å². The van der Waals surface area contributed by atoms with Crippen LogP contribution in [0.1, 0.15) is 11.3 Å². The van der Waals surface area contributed by atoms with Gasteiger partial charge in [-0.15, -0.1) is 0 Å². The van der Waals surface area contributed by atoms with E-state index in [2.05, 4.69) is 21.5 Å². The monoisotopic (exact) mass is 381 g/mol. The topological polar surface area (TPSA) is 116 Å². The number of urea groups is 1. The van der Waals surface area contributed by atoms with Crippen LogP contribution in [0.15, 0.2) is 39.6 Å². The molecule has 4 heterocycles. The minimum absolute atomic E-state index is 0.127. The molecule has 0 unspecified atom stereocenters. The van der Waals surface area contributed by atoms with Crippen molar-refractivity contribution in [1.82, 2.24) is 25.0 Å². The number of carbonyl (C=O) groups is 1. The van der Waals surface area contributed by atoms with Gasteiger partial charge in [0.25, 0.3) is 5.89 Å². The molecular weight excluding hydrogens is 362 g/mol. The van der Waals surface area contributed by atoms with Gasteiger partial charge in [-0.2, -0.15) is 15.3 Å². The molecule has 10 heteroatoms. The highest BCUT2D eigenvalue weighted by atomic mass is 16.4. The van der Waals surface area contributed by atoms with Gasteiger partial charge in [-0.05, 0) is 12.1 Å². The Morgan fingerprint density at radius 3 is 2.82 bits per heavy atom. The number of piperazine rings is 1. The number of aromatic nitrogens is 3. The van der Waals surface area contributed by atoms with Gasteiger partial charge < -0.3 is 24.0 Å². The smallest absolute Gasteiger partial charge is 0.317 e. The lowest BCUT2D eigenvalue weighted by atomic mass is 10.3. The lowest BCUT2D eigenvalue weighted by molar-refractivity contribution is 0.193. The zero-order chi connectivity index (χ0) is 19.5. The number of nitrogens with zero attached hydrogens (tertiary/aromatic N) is 6. The van der Waals surface area contributed by atoms with Crippen molar-refractivity contribution in [2.24, 2.45) is 7.05 Å². The maximum Gasteiger partial charge on any atom is 0.317 e. The Bertz CT molecular complexity index is 991. The third kappa shape index (κ3) is 3.55. The molecule has 1 aliphatic heterocycles. The molecule has 0 aliphatic carbocycles. The maximum atomic E-state index is 12.4. The van der Waals surface area contributed by atoms with Gasteiger partial charge in [-0.25, -0.2) is 4.79 Å². The van der Waals surface area contributed by atoms with Crippen LogP contribution < -0.4 is 10.2 Å².